The molecule has 1 amide bonds. The number of nitrogens with one attached hydrogen (secondary N) is 1. The third kappa shape index (κ3) is 5.89. The number of hydrogen-bond acceptors (Lipinski definition) is 3. The minimum absolute atomic E-state index is 0.0482. The van der Waals surface area contributed by atoms with Crippen molar-refractivity contribution in [1.82, 2.24) is 0 Å². The molecule has 0 radical (unpaired) electrons. The van der Waals surface area contributed by atoms with Crippen LogP contribution in [0.3, 0.4) is 0 Å². The van der Waals surface area contributed by atoms with Crippen LogP contribution < -0.4 is 5.32 Å². The molecule has 1 N–H and O–H groups in total. The molecule has 0 fully saturated rings. The predicted molar refractivity (Wildman–Crippen MR) is 70.5 cm³/mol. The fourth-order valence-corrected chi connectivity index (χ4v) is 1.82. The highest BCUT2D eigenvalue weighted by atomic mass is 79.9. The summed E-state index contributed by atoms with van der Waals surface area (Å²) in [7, 11) is 1.49. The van der Waals surface area contributed by atoms with Gasteiger partial charge in [-0.05, 0) is 18.2 Å². The van der Waals surface area contributed by atoms with E-state index in [9.17, 15) is 18.0 Å². The Bertz CT molecular complexity index is 466. The standard InChI is InChI=1S/C12H13BrF3NO3/c1-19-2-3-20-7-11(18)17-10-5-8(12(14,15)16)4-9(13)6-10/h4-6H,2-3,7H2,1H3,(H,17,18). The van der Waals surface area contributed by atoms with Crippen LogP contribution in [-0.4, -0.2) is 32.8 Å². The molecule has 0 saturated heterocycles. The lowest BCUT2D eigenvalue weighted by atomic mass is 10.2. The maximum Gasteiger partial charge on any atom is 0.416 e. The number of hydrogen-bond donors (Lipinski definition) is 1. The first-order chi connectivity index (χ1) is 9.32. The summed E-state index contributed by atoms with van der Waals surface area (Å²) in [5, 5.41) is 2.34. The second-order valence-corrected chi connectivity index (χ2v) is 4.74. The number of halogens is 4. The first-order valence-corrected chi connectivity index (χ1v) is 6.36. The van der Waals surface area contributed by atoms with Crippen molar-refractivity contribution in [3.63, 3.8) is 0 Å². The number of ether oxygens (including phenoxy) is 2. The first-order valence-electron chi connectivity index (χ1n) is 5.57. The summed E-state index contributed by atoms with van der Waals surface area (Å²) in [6.45, 7) is 0.315. The Hall–Kier alpha value is -1.12. The van der Waals surface area contributed by atoms with E-state index in [2.05, 4.69) is 21.2 Å². The third-order valence-corrected chi connectivity index (χ3v) is 2.63. The van der Waals surface area contributed by atoms with Crippen LogP contribution in [0.5, 0.6) is 0 Å². The molecular weight excluding hydrogens is 343 g/mol. The smallest absolute Gasteiger partial charge is 0.382 e. The van der Waals surface area contributed by atoms with Crippen LogP contribution in [-0.2, 0) is 20.4 Å². The van der Waals surface area contributed by atoms with Gasteiger partial charge >= 0.3 is 6.18 Å². The molecule has 0 heterocycles. The lowest BCUT2D eigenvalue weighted by Gasteiger charge is -2.11. The van der Waals surface area contributed by atoms with E-state index < -0.39 is 17.6 Å². The molecule has 0 spiro atoms. The van der Waals surface area contributed by atoms with E-state index in [1.165, 1.54) is 13.2 Å². The fraction of sp³-hybridized carbons (Fsp3) is 0.417. The van der Waals surface area contributed by atoms with Crippen LogP contribution in [0.25, 0.3) is 0 Å². The Morgan fingerprint density at radius 3 is 2.60 bits per heavy atom. The average molecular weight is 356 g/mol. The maximum atomic E-state index is 12.6. The van der Waals surface area contributed by atoms with Crippen molar-refractivity contribution >= 4 is 27.5 Å². The molecule has 0 aliphatic rings. The zero-order chi connectivity index (χ0) is 15.2. The minimum atomic E-state index is -4.47. The number of carbonyl (C=O) groups excluding carboxylic acids is 1. The molecule has 0 aliphatic heterocycles. The quantitative estimate of drug-likeness (QED) is 0.797. The normalized spacial score (nSPS) is 11.4. The van der Waals surface area contributed by atoms with Crippen molar-refractivity contribution in [3.05, 3.63) is 28.2 Å². The Morgan fingerprint density at radius 2 is 2.00 bits per heavy atom. The van der Waals surface area contributed by atoms with Crippen molar-refractivity contribution in [3.8, 4) is 0 Å². The minimum Gasteiger partial charge on any atom is -0.382 e. The Balaban J connectivity index is 2.63. The van der Waals surface area contributed by atoms with Gasteiger partial charge in [0.05, 0.1) is 18.8 Å². The first kappa shape index (κ1) is 16.9. The Labute approximate surface area is 122 Å². The van der Waals surface area contributed by atoms with E-state index in [1.807, 2.05) is 0 Å². The number of rotatable bonds is 6. The maximum absolute atomic E-state index is 12.6. The summed E-state index contributed by atoms with van der Waals surface area (Å²) in [5.41, 5.74) is -0.797. The Kier molecular flexibility index (Phi) is 6.44. The highest BCUT2D eigenvalue weighted by Gasteiger charge is 2.31. The highest BCUT2D eigenvalue weighted by Crippen LogP contribution is 2.33. The number of amides is 1. The molecule has 4 nitrogen and oxygen atoms in total. The van der Waals surface area contributed by atoms with Gasteiger partial charge < -0.3 is 14.8 Å². The van der Waals surface area contributed by atoms with Gasteiger partial charge in [-0.2, -0.15) is 13.2 Å². The van der Waals surface area contributed by atoms with Crippen molar-refractivity contribution in [2.75, 3.05) is 32.2 Å². The van der Waals surface area contributed by atoms with Gasteiger partial charge in [-0.3, -0.25) is 4.79 Å². The number of carbonyl (C=O) groups is 1. The van der Waals surface area contributed by atoms with E-state index in [-0.39, 0.29) is 23.4 Å². The van der Waals surface area contributed by atoms with Gasteiger partial charge in [-0.1, -0.05) is 15.9 Å². The van der Waals surface area contributed by atoms with Crippen LogP contribution in [0.1, 0.15) is 5.56 Å². The third-order valence-electron chi connectivity index (χ3n) is 2.17. The zero-order valence-electron chi connectivity index (χ0n) is 10.6. The molecule has 1 aromatic rings. The summed E-state index contributed by atoms with van der Waals surface area (Å²) in [6, 6.07) is 3.17. The molecule has 20 heavy (non-hydrogen) atoms. The second-order valence-electron chi connectivity index (χ2n) is 3.82. The van der Waals surface area contributed by atoms with Crippen LogP contribution in [0, 0.1) is 0 Å². The van der Waals surface area contributed by atoms with Crippen molar-refractivity contribution < 1.29 is 27.4 Å². The van der Waals surface area contributed by atoms with Crippen LogP contribution in [0.2, 0.25) is 0 Å². The molecule has 0 saturated carbocycles. The van der Waals surface area contributed by atoms with Crippen molar-refractivity contribution in [1.29, 1.82) is 0 Å². The summed E-state index contributed by atoms with van der Waals surface area (Å²) >= 11 is 2.97. The predicted octanol–water partition coefficient (Wildman–Crippen LogP) is 3.07. The molecule has 0 atom stereocenters. The van der Waals surface area contributed by atoms with Gasteiger partial charge in [0, 0.05) is 17.3 Å². The van der Waals surface area contributed by atoms with Gasteiger partial charge in [0.2, 0.25) is 5.91 Å². The van der Waals surface area contributed by atoms with Crippen molar-refractivity contribution in [2.45, 2.75) is 6.18 Å². The van der Waals surface area contributed by atoms with Crippen molar-refractivity contribution in [2.24, 2.45) is 0 Å². The molecule has 1 aromatic carbocycles. The largest absolute Gasteiger partial charge is 0.416 e. The lowest BCUT2D eigenvalue weighted by molar-refractivity contribution is -0.137. The molecule has 112 valence electrons. The molecule has 0 bridgehead atoms. The van der Waals surface area contributed by atoms with E-state index in [0.717, 1.165) is 12.1 Å². The SMILES string of the molecule is COCCOCC(=O)Nc1cc(Br)cc(C(F)(F)F)c1. The van der Waals surface area contributed by atoms with Gasteiger partial charge in [0.1, 0.15) is 6.61 Å². The lowest BCUT2D eigenvalue weighted by Crippen LogP contribution is -2.20. The van der Waals surface area contributed by atoms with Crippen LogP contribution in [0.15, 0.2) is 22.7 Å². The second kappa shape index (κ2) is 7.61. The number of alkyl halides is 3. The molecule has 1 rings (SSSR count). The molecule has 8 heteroatoms. The molecule has 0 unspecified atom stereocenters. The monoisotopic (exact) mass is 355 g/mol. The molecule has 0 aliphatic carbocycles. The van der Waals surface area contributed by atoms with E-state index in [0.29, 0.717) is 6.61 Å². The van der Waals surface area contributed by atoms with E-state index >= 15 is 0 Å². The van der Waals surface area contributed by atoms with Gasteiger partial charge in [-0.25, -0.2) is 0 Å². The number of benzene rings is 1. The molecule has 0 aromatic heterocycles. The van der Waals surface area contributed by atoms with Gasteiger partial charge in [0.25, 0.3) is 0 Å². The van der Waals surface area contributed by atoms with Crippen LogP contribution >= 0.6 is 15.9 Å². The Morgan fingerprint density at radius 1 is 1.30 bits per heavy atom. The highest BCUT2D eigenvalue weighted by molar-refractivity contribution is 9.10. The summed E-state index contributed by atoms with van der Waals surface area (Å²) in [5.74, 6) is -0.535. The van der Waals surface area contributed by atoms with Gasteiger partial charge in [0.15, 0.2) is 0 Å². The van der Waals surface area contributed by atoms with E-state index in [1.54, 1.807) is 0 Å². The number of methoxy groups -OCH3 is 1. The topological polar surface area (TPSA) is 47.6 Å². The summed E-state index contributed by atoms with van der Waals surface area (Å²) in [4.78, 5) is 11.5. The summed E-state index contributed by atoms with van der Waals surface area (Å²) < 4.78 is 47.7. The fourth-order valence-electron chi connectivity index (χ4n) is 1.33. The van der Waals surface area contributed by atoms with Crippen LogP contribution in [0.4, 0.5) is 18.9 Å². The summed E-state index contributed by atoms with van der Waals surface area (Å²) in [6.07, 6.45) is -4.47. The van der Waals surface area contributed by atoms with Gasteiger partial charge in [-0.15, -0.1) is 0 Å². The molecular formula is C12H13BrF3NO3. The average Bonchev–Trinajstić information content (AvgIpc) is 2.33. The zero-order valence-corrected chi connectivity index (χ0v) is 12.2. The van der Waals surface area contributed by atoms with E-state index in [4.69, 9.17) is 9.47 Å². The number of anilines is 1.